The average Bonchev–Trinajstić information content (AvgIpc) is 2.26. The van der Waals surface area contributed by atoms with Gasteiger partial charge in [-0.1, -0.05) is 19.8 Å². The normalized spacial score (nSPS) is 25.8. The Kier molecular flexibility index (Phi) is 5.81. The van der Waals surface area contributed by atoms with Gasteiger partial charge in [0.2, 0.25) is 0 Å². The van der Waals surface area contributed by atoms with E-state index in [9.17, 15) is 4.79 Å². The number of hydrogen-bond donors (Lipinski definition) is 0. The van der Waals surface area contributed by atoms with Crippen LogP contribution in [0.25, 0.3) is 0 Å². The van der Waals surface area contributed by atoms with Gasteiger partial charge < -0.3 is 9.64 Å². The van der Waals surface area contributed by atoms with Crippen LogP contribution in [-0.2, 0) is 9.53 Å². The Labute approximate surface area is 99.1 Å². The van der Waals surface area contributed by atoms with E-state index in [0.717, 1.165) is 12.5 Å². The maximum Gasteiger partial charge on any atom is 0.307 e. The molecule has 0 aromatic heterocycles. The Hall–Kier alpha value is -0.570. The monoisotopic (exact) mass is 227 g/mol. The summed E-state index contributed by atoms with van der Waals surface area (Å²) in [5.41, 5.74) is 0. The van der Waals surface area contributed by atoms with Crippen LogP contribution in [-0.4, -0.2) is 37.1 Å². The molecule has 3 heteroatoms. The molecule has 16 heavy (non-hydrogen) atoms. The first-order valence-electron chi connectivity index (χ1n) is 6.49. The number of carbonyl (C=O) groups is 1. The SMILES string of the molecule is CCOC(=O)CCN(C)C1CCCC(C)C1. The van der Waals surface area contributed by atoms with Crippen LogP contribution in [0.1, 0.15) is 46.0 Å². The Morgan fingerprint density at radius 1 is 1.44 bits per heavy atom. The maximum atomic E-state index is 11.2. The first kappa shape index (κ1) is 13.5. The summed E-state index contributed by atoms with van der Waals surface area (Å²) in [6.45, 7) is 5.50. The molecule has 0 aromatic rings. The van der Waals surface area contributed by atoms with Gasteiger partial charge in [0, 0.05) is 12.6 Å². The minimum Gasteiger partial charge on any atom is -0.466 e. The molecule has 2 unspecified atom stereocenters. The molecule has 0 saturated heterocycles. The fourth-order valence-corrected chi connectivity index (χ4v) is 2.49. The number of esters is 1. The highest BCUT2D eigenvalue weighted by Gasteiger charge is 2.22. The molecule has 1 aliphatic rings. The van der Waals surface area contributed by atoms with E-state index >= 15 is 0 Å². The lowest BCUT2D eigenvalue weighted by atomic mass is 9.86. The first-order valence-corrected chi connectivity index (χ1v) is 6.49. The lowest BCUT2D eigenvalue weighted by Gasteiger charge is -2.33. The summed E-state index contributed by atoms with van der Waals surface area (Å²) in [5.74, 6) is 0.766. The molecule has 1 fully saturated rings. The molecule has 3 nitrogen and oxygen atoms in total. The highest BCUT2D eigenvalue weighted by atomic mass is 16.5. The maximum absolute atomic E-state index is 11.2. The van der Waals surface area contributed by atoms with Crippen LogP contribution in [0.2, 0.25) is 0 Å². The van der Waals surface area contributed by atoms with Gasteiger partial charge in [-0.15, -0.1) is 0 Å². The molecule has 0 spiro atoms. The van der Waals surface area contributed by atoms with Crippen molar-refractivity contribution in [3.05, 3.63) is 0 Å². The topological polar surface area (TPSA) is 29.5 Å². The van der Waals surface area contributed by atoms with E-state index in [1.54, 1.807) is 0 Å². The Morgan fingerprint density at radius 2 is 2.19 bits per heavy atom. The second-order valence-electron chi connectivity index (χ2n) is 4.96. The number of nitrogens with zero attached hydrogens (tertiary/aromatic N) is 1. The number of rotatable bonds is 5. The molecule has 0 N–H and O–H groups in total. The standard InChI is InChI=1S/C13H25NO2/c1-4-16-13(15)8-9-14(3)12-7-5-6-11(2)10-12/h11-12H,4-10H2,1-3H3. The van der Waals surface area contributed by atoms with E-state index in [-0.39, 0.29) is 5.97 Å². The summed E-state index contributed by atoms with van der Waals surface area (Å²) in [6.07, 6.45) is 5.77. The second-order valence-corrected chi connectivity index (χ2v) is 4.96. The van der Waals surface area contributed by atoms with Crippen molar-refractivity contribution in [2.24, 2.45) is 5.92 Å². The van der Waals surface area contributed by atoms with Crippen LogP contribution in [0.4, 0.5) is 0 Å². The fraction of sp³-hybridized carbons (Fsp3) is 0.923. The van der Waals surface area contributed by atoms with Crippen molar-refractivity contribution in [1.29, 1.82) is 0 Å². The van der Waals surface area contributed by atoms with Gasteiger partial charge in [-0.05, 0) is 32.7 Å². The number of hydrogen-bond acceptors (Lipinski definition) is 3. The molecule has 94 valence electrons. The van der Waals surface area contributed by atoms with Crippen molar-refractivity contribution in [3.63, 3.8) is 0 Å². The van der Waals surface area contributed by atoms with Gasteiger partial charge in [-0.25, -0.2) is 0 Å². The molecular formula is C13H25NO2. The average molecular weight is 227 g/mol. The summed E-state index contributed by atoms with van der Waals surface area (Å²) in [4.78, 5) is 13.6. The molecular weight excluding hydrogens is 202 g/mol. The largest absolute Gasteiger partial charge is 0.466 e. The summed E-state index contributed by atoms with van der Waals surface area (Å²) in [7, 11) is 2.13. The van der Waals surface area contributed by atoms with Gasteiger partial charge in [0.1, 0.15) is 0 Å². The molecule has 0 amide bonds. The molecule has 0 radical (unpaired) electrons. The molecule has 1 rings (SSSR count). The smallest absolute Gasteiger partial charge is 0.307 e. The second kappa shape index (κ2) is 6.89. The highest BCUT2D eigenvalue weighted by Crippen LogP contribution is 2.26. The molecule has 0 aliphatic heterocycles. The number of carbonyl (C=O) groups excluding carboxylic acids is 1. The molecule has 2 atom stereocenters. The third-order valence-corrected chi connectivity index (χ3v) is 3.51. The minimum absolute atomic E-state index is 0.0711. The van der Waals surface area contributed by atoms with Crippen molar-refractivity contribution in [3.8, 4) is 0 Å². The van der Waals surface area contributed by atoms with Crippen molar-refractivity contribution in [1.82, 2.24) is 4.90 Å². The van der Waals surface area contributed by atoms with Crippen LogP contribution in [0, 0.1) is 5.92 Å². The van der Waals surface area contributed by atoms with Gasteiger partial charge in [-0.2, -0.15) is 0 Å². The summed E-state index contributed by atoms with van der Waals surface area (Å²) < 4.78 is 4.94. The summed E-state index contributed by atoms with van der Waals surface area (Å²) in [6, 6.07) is 0.665. The minimum atomic E-state index is -0.0711. The zero-order valence-corrected chi connectivity index (χ0v) is 10.9. The Bertz CT molecular complexity index is 218. The van der Waals surface area contributed by atoms with E-state index < -0.39 is 0 Å². The lowest BCUT2D eigenvalue weighted by Crippen LogP contribution is -2.36. The molecule has 0 heterocycles. The zero-order valence-electron chi connectivity index (χ0n) is 10.9. The predicted molar refractivity (Wildman–Crippen MR) is 65.3 cm³/mol. The highest BCUT2D eigenvalue weighted by molar-refractivity contribution is 5.69. The molecule has 0 bridgehead atoms. The van der Waals surface area contributed by atoms with Gasteiger partial charge in [0.15, 0.2) is 0 Å². The molecule has 0 aromatic carbocycles. The van der Waals surface area contributed by atoms with E-state index in [2.05, 4.69) is 18.9 Å². The van der Waals surface area contributed by atoms with Crippen LogP contribution < -0.4 is 0 Å². The number of ether oxygens (including phenoxy) is 1. The van der Waals surface area contributed by atoms with Crippen molar-refractivity contribution in [2.75, 3.05) is 20.2 Å². The lowest BCUT2D eigenvalue weighted by molar-refractivity contribution is -0.143. The van der Waals surface area contributed by atoms with E-state index in [1.807, 2.05) is 6.92 Å². The van der Waals surface area contributed by atoms with Crippen molar-refractivity contribution < 1.29 is 9.53 Å². The Balaban J connectivity index is 2.23. The fourth-order valence-electron chi connectivity index (χ4n) is 2.49. The van der Waals surface area contributed by atoms with E-state index in [0.29, 0.717) is 19.1 Å². The van der Waals surface area contributed by atoms with E-state index in [1.165, 1.54) is 25.7 Å². The van der Waals surface area contributed by atoms with Gasteiger partial charge in [-0.3, -0.25) is 4.79 Å². The van der Waals surface area contributed by atoms with Crippen LogP contribution >= 0.6 is 0 Å². The van der Waals surface area contributed by atoms with E-state index in [4.69, 9.17) is 4.74 Å². The predicted octanol–water partition coefficient (Wildman–Crippen LogP) is 2.45. The van der Waals surface area contributed by atoms with Crippen LogP contribution in [0.15, 0.2) is 0 Å². The summed E-state index contributed by atoms with van der Waals surface area (Å²) in [5, 5.41) is 0. The molecule has 1 saturated carbocycles. The third-order valence-electron chi connectivity index (χ3n) is 3.51. The van der Waals surface area contributed by atoms with Crippen molar-refractivity contribution in [2.45, 2.75) is 52.0 Å². The van der Waals surface area contributed by atoms with Crippen molar-refractivity contribution >= 4 is 5.97 Å². The van der Waals surface area contributed by atoms with Gasteiger partial charge >= 0.3 is 5.97 Å². The van der Waals surface area contributed by atoms with Crippen LogP contribution in [0.5, 0.6) is 0 Å². The van der Waals surface area contributed by atoms with Crippen LogP contribution in [0.3, 0.4) is 0 Å². The molecule has 1 aliphatic carbocycles. The Morgan fingerprint density at radius 3 is 2.81 bits per heavy atom. The zero-order chi connectivity index (χ0) is 12.0. The van der Waals surface area contributed by atoms with Gasteiger partial charge in [0.05, 0.1) is 13.0 Å². The first-order chi connectivity index (χ1) is 7.63. The summed E-state index contributed by atoms with van der Waals surface area (Å²) >= 11 is 0. The van der Waals surface area contributed by atoms with Gasteiger partial charge in [0.25, 0.3) is 0 Å². The third kappa shape index (κ3) is 4.52. The quantitative estimate of drug-likeness (QED) is 0.676.